The molecule has 0 fully saturated rings. The van der Waals surface area contributed by atoms with E-state index in [2.05, 4.69) is 24.0 Å². The van der Waals surface area contributed by atoms with Crippen molar-refractivity contribution in [2.24, 2.45) is 5.73 Å². The number of ether oxygens (including phenoxy) is 1. The summed E-state index contributed by atoms with van der Waals surface area (Å²) in [5.74, 6) is 1.22. The number of rotatable bonds is 6. The van der Waals surface area contributed by atoms with E-state index in [1.165, 1.54) is 11.1 Å². The number of aromatic nitrogens is 1. The van der Waals surface area contributed by atoms with Crippen molar-refractivity contribution in [3.8, 4) is 5.75 Å². The topological polar surface area (TPSA) is 48.1 Å². The second-order valence-corrected chi connectivity index (χ2v) is 4.68. The number of nitrogens with two attached hydrogens (primary N) is 1. The van der Waals surface area contributed by atoms with E-state index in [0.717, 1.165) is 12.2 Å². The fourth-order valence-electron chi connectivity index (χ4n) is 2.01. The zero-order valence-corrected chi connectivity index (χ0v) is 11.3. The molecule has 1 aromatic carbocycles. The van der Waals surface area contributed by atoms with Gasteiger partial charge in [0.25, 0.3) is 0 Å². The van der Waals surface area contributed by atoms with Crippen LogP contribution in [0, 0.1) is 6.92 Å². The van der Waals surface area contributed by atoms with E-state index in [1.54, 1.807) is 0 Å². The monoisotopic (exact) mass is 256 g/mol. The van der Waals surface area contributed by atoms with Crippen LogP contribution in [0.5, 0.6) is 5.75 Å². The molecule has 0 aliphatic rings. The van der Waals surface area contributed by atoms with Crippen molar-refractivity contribution < 1.29 is 4.74 Å². The van der Waals surface area contributed by atoms with E-state index < -0.39 is 0 Å². The summed E-state index contributed by atoms with van der Waals surface area (Å²) in [5.41, 5.74) is 8.15. The fraction of sp³-hybridized carbons (Fsp3) is 0.312. The standard InChI is InChI=1S/C16H20N2O/c1-13-2-4-16(5-3-13)19-12-15(6-9-17)14-7-10-18-11-8-14/h2-5,7-8,10-11,15H,6,9,12,17H2,1H3. The van der Waals surface area contributed by atoms with E-state index in [-0.39, 0.29) is 0 Å². The maximum Gasteiger partial charge on any atom is 0.119 e. The molecule has 0 bridgehead atoms. The van der Waals surface area contributed by atoms with Gasteiger partial charge in [-0.2, -0.15) is 0 Å². The zero-order valence-electron chi connectivity index (χ0n) is 11.3. The molecule has 0 saturated carbocycles. The molecular weight excluding hydrogens is 236 g/mol. The molecule has 0 aliphatic heterocycles. The Balaban J connectivity index is 1.99. The van der Waals surface area contributed by atoms with Crippen LogP contribution < -0.4 is 10.5 Å². The SMILES string of the molecule is Cc1ccc(OCC(CCN)c2ccncc2)cc1. The predicted molar refractivity (Wildman–Crippen MR) is 77.3 cm³/mol. The number of hydrogen-bond acceptors (Lipinski definition) is 3. The normalized spacial score (nSPS) is 12.1. The molecule has 0 spiro atoms. The van der Waals surface area contributed by atoms with Crippen LogP contribution in [0.25, 0.3) is 0 Å². The lowest BCUT2D eigenvalue weighted by atomic mass is 9.98. The lowest BCUT2D eigenvalue weighted by molar-refractivity contribution is 0.282. The van der Waals surface area contributed by atoms with Crippen molar-refractivity contribution in [1.29, 1.82) is 0 Å². The van der Waals surface area contributed by atoms with Gasteiger partial charge in [0.1, 0.15) is 5.75 Å². The van der Waals surface area contributed by atoms with Crippen molar-refractivity contribution in [3.63, 3.8) is 0 Å². The number of aryl methyl sites for hydroxylation is 1. The van der Waals surface area contributed by atoms with Gasteiger partial charge in [0.15, 0.2) is 0 Å². The summed E-state index contributed by atoms with van der Waals surface area (Å²) in [6.45, 7) is 3.37. The van der Waals surface area contributed by atoms with Crippen LogP contribution in [0.2, 0.25) is 0 Å². The number of benzene rings is 1. The summed E-state index contributed by atoms with van der Waals surface area (Å²) in [4.78, 5) is 4.04. The Bertz CT molecular complexity index is 482. The molecule has 2 N–H and O–H groups in total. The first-order chi connectivity index (χ1) is 9.29. The third-order valence-corrected chi connectivity index (χ3v) is 3.16. The van der Waals surface area contributed by atoms with Crippen molar-refractivity contribution in [1.82, 2.24) is 4.98 Å². The minimum Gasteiger partial charge on any atom is -0.493 e. The summed E-state index contributed by atoms with van der Waals surface area (Å²) < 4.78 is 5.85. The molecule has 19 heavy (non-hydrogen) atoms. The van der Waals surface area contributed by atoms with Crippen LogP contribution in [-0.2, 0) is 0 Å². The molecule has 2 aromatic rings. The summed E-state index contributed by atoms with van der Waals surface area (Å²) in [5, 5.41) is 0. The molecule has 0 aliphatic carbocycles. The van der Waals surface area contributed by atoms with E-state index in [4.69, 9.17) is 10.5 Å². The van der Waals surface area contributed by atoms with Crippen molar-refractivity contribution in [2.75, 3.05) is 13.2 Å². The minimum absolute atomic E-state index is 0.314. The van der Waals surface area contributed by atoms with Crippen molar-refractivity contribution >= 4 is 0 Å². The molecule has 3 nitrogen and oxygen atoms in total. The van der Waals surface area contributed by atoms with Gasteiger partial charge in [-0.05, 0) is 49.7 Å². The third kappa shape index (κ3) is 4.07. The second kappa shape index (κ2) is 6.90. The second-order valence-electron chi connectivity index (χ2n) is 4.68. The molecule has 1 heterocycles. The first-order valence-corrected chi connectivity index (χ1v) is 6.59. The van der Waals surface area contributed by atoms with E-state index in [0.29, 0.717) is 19.1 Å². The molecule has 2 rings (SSSR count). The average molecular weight is 256 g/mol. The Morgan fingerprint density at radius 3 is 2.42 bits per heavy atom. The van der Waals surface area contributed by atoms with Gasteiger partial charge in [-0.25, -0.2) is 0 Å². The lowest BCUT2D eigenvalue weighted by Crippen LogP contribution is -2.15. The number of nitrogens with zero attached hydrogens (tertiary/aromatic N) is 1. The average Bonchev–Trinajstić information content (AvgIpc) is 2.46. The number of pyridine rings is 1. The Morgan fingerprint density at radius 1 is 1.11 bits per heavy atom. The molecule has 0 amide bonds. The lowest BCUT2D eigenvalue weighted by Gasteiger charge is -2.17. The Morgan fingerprint density at radius 2 is 1.79 bits per heavy atom. The predicted octanol–water partition coefficient (Wildman–Crippen LogP) is 2.90. The van der Waals surface area contributed by atoms with Gasteiger partial charge in [0.05, 0.1) is 6.61 Å². The summed E-state index contributed by atoms with van der Waals surface area (Å²) >= 11 is 0. The molecule has 0 radical (unpaired) electrons. The highest BCUT2D eigenvalue weighted by atomic mass is 16.5. The largest absolute Gasteiger partial charge is 0.493 e. The van der Waals surface area contributed by atoms with Gasteiger partial charge in [-0.3, -0.25) is 4.98 Å². The molecule has 1 atom stereocenters. The summed E-state index contributed by atoms with van der Waals surface area (Å²) in [6, 6.07) is 12.2. The van der Waals surface area contributed by atoms with Gasteiger partial charge in [0.2, 0.25) is 0 Å². The highest BCUT2D eigenvalue weighted by Gasteiger charge is 2.11. The van der Waals surface area contributed by atoms with Gasteiger partial charge in [-0.15, -0.1) is 0 Å². The third-order valence-electron chi connectivity index (χ3n) is 3.16. The zero-order chi connectivity index (χ0) is 13.5. The molecule has 1 aromatic heterocycles. The molecule has 100 valence electrons. The number of hydrogen-bond donors (Lipinski definition) is 1. The van der Waals surface area contributed by atoms with Crippen LogP contribution in [0.3, 0.4) is 0 Å². The van der Waals surface area contributed by atoms with Crippen LogP contribution in [0.15, 0.2) is 48.8 Å². The van der Waals surface area contributed by atoms with E-state index in [1.807, 2.05) is 36.7 Å². The van der Waals surface area contributed by atoms with Gasteiger partial charge >= 0.3 is 0 Å². The van der Waals surface area contributed by atoms with E-state index >= 15 is 0 Å². The van der Waals surface area contributed by atoms with Gasteiger partial charge in [-0.1, -0.05) is 17.7 Å². The molecular formula is C16H20N2O. The maximum atomic E-state index is 5.85. The van der Waals surface area contributed by atoms with E-state index in [9.17, 15) is 0 Å². The van der Waals surface area contributed by atoms with Crippen LogP contribution in [0.1, 0.15) is 23.5 Å². The maximum absolute atomic E-state index is 5.85. The minimum atomic E-state index is 0.314. The molecule has 3 heteroatoms. The van der Waals surface area contributed by atoms with Crippen molar-refractivity contribution in [3.05, 3.63) is 59.9 Å². The summed E-state index contributed by atoms with van der Waals surface area (Å²) in [7, 11) is 0. The Kier molecular flexibility index (Phi) is 4.93. The highest BCUT2D eigenvalue weighted by molar-refractivity contribution is 5.26. The molecule has 0 saturated heterocycles. The highest BCUT2D eigenvalue weighted by Crippen LogP contribution is 2.21. The smallest absolute Gasteiger partial charge is 0.119 e. The van der Waals surface area contributed by atoms with Gasteiger partial charge < -0.3 is 10.5 Å². The van der Waals surface area contributed by atoms with Gasteiger partial charge in [0, 0.05) is 18.3 Å². The van der Waals surface area contributed by atoms with Crippen LogP contribution in [0.4, 0.5) is 0 Å². The van der Waals surface area contributed by atoms with Crippen LogP contribution in [-0.4, -0.2) is 18.1 Å². The summed E-state index contributed by atoms with van der Waals surface area (Å²) in [6.07, 6.45) is 4.53. The Hall–Kier alpha value is -1.87. The molecule has 1 unspecified atom stereocenters. The quantitative estimate of drug-likeness (QED) is 0.864. The first kappa shape index (κ1) is 13.6. The fourth-order valence-corrected chi connectivity index (χ4v) is 2.01. The van der Waals surface area contributed by atoms with Crippen molar-refractivity contribution in [2.45, 2.75) is 19.3 Å². The van der Waals surface area contributed by atoms with Crippen LogP contribution >= 0.6 is 0 Å². The first-order valence-electron chi connectivity index (χ1n) is 6.59. The Labute approximate surface area is 114 Å².